The van der Waals surface area contributed by atoms with Crippen molar-refractivity contribution in [3.63, 3.8) is 0 Å². The van der Waals surface area contributed by atoms with E-state index < -0.39 is 24.6 Å². The first-order valence-corrected chi connectivity index (χ1v) is 3.24. The molecule has 0 aromatic heterocycles. The van der Waals surface area contributed by atoms with Crippen molar-refractivity contribution in [3.05, 3.63) is 12.7 Å². The molecule has 0 spiro atoms. The predicted molar refractivity (Wildman–Crippen MR) is 42.4 cm³/mol. The highest BCUT2D eigenvalue weighted by molar-refractivity contribution is 5.64. The maximum atomic E-state index is 9.90. The summed E-state index contributed by atoms with van der Waals surface area (Å²) in [7, 11) is 0. The molecule has 0 saturated heterocycles. The van der Waals surface area contributed by atoms with Gasteiger partial charge in [0.2, 0.25) is 0 Å². The molecular formula is C7H15NO4. The molecule has 2 unspecified atom stereocenters. The summed E-state index contributed by atoms with van der Waals surface area (Å²) in [6, 6.07) is 0. The van der Waals surface area contributed by atoms with Crippen LogP contribution in [0.25, 0.3) is 0 Å². The van der Waals surface area contributed by atoms with Gasteiger partial charge in [0, 0.05) is 18.8 Å². The Balaban J connectivity index is 0. The summed E-state index contributed by atoms with van der Waals surface area (Å²) in [5.41, 5.74) is 0. The van der Waals surface area contributed by atoms with E-state index in [1.807, 2.05) is 0 Å². The monoisotopic (exact) mass is 177 g/mol. The van der Waals surface area contributed by atoms with Crippen molar-refractivity contribution in [1.82, 2.24) is 6.15 Å². The molecule has 5 heteroatoms. The average Bonchev–Trinajstić information content (AvgIpc) is 1.85. The van der Waals surface area contributed by atoms with Crippen molar-refractivity contribution in [2.75, 3.05) is 0 Å². The van der Waals surface area contributed by atoms with Crippen molar-refractivity contribution in [2.45, 2.75) is 25.0 Å². The Morgan fingerprint density at radius 3 is 2.42 bits per heavy atom. The second-order valence-electron chi connectivity index (χ2n) is 2.27. The zero-order valence-corrected chi connectivity index (χ0v) is 7.06. The topological polar surface area (TPSA) is 117 Å². The van der Waals surface area contributed by atoms with Gasteiger partial charge >= 0.3 is 0 Å². The molecule has 12 heavy (non-hydrogen) atoms. The number of carbonyl (C=O) groups excluding carboxylic acids is 1. The lowest BCUT2D eigenvalue weighted by molar-refractivity contribution is -0.307. The van der Waals surface area contributed by atoms with Gasteiger partial charge < -0.3 is 26.3 Å². The van der Waals surface area contributed by atoms with Gasteiger partial charge in [-0.2, -0.15) is 0 Å². The highest BCUT2D eigenvalue weighted by Gasteiger charge is 2.08. The smallest absolute Gasteiger partial charge is 0.0743 e. The maximum absolute atomic E-state index is 9.90. The standard InChI is InChI=1S/C7H12O4.H3N/c1-2-5(8)3-6(9)4-7(10)11;/h2,5-6,8-9H,1,3-4H2,(H,10,11);1H3. The van der Waals surface area contributed by atoms with Gasteiger partial charge in [-0.25, -0.2) is 0 Å². The molecule has 72 valence electrons. The first-order chi connectivity index (χ1) is 5.06. The van der Waals surface area contributed by atoms with Crippen molar-refractivity contribution < 1.29 is 20.1 Å². The fourth-order valence-electron chi connectivity index (χ4n) is 0.651. The highest BCUT2D eigenvalue weighted by Crippen LogP contribution is 2.01. The van der Waals surface area contributed by atoms with Crippen LogP contribution in [0.3, 0.4) is 0 Å². The third kappa shape index (κ3) is 7.20. The predicted octanol–water partition coefficient (Wildman–Crippen LogP) is -1.20. The third-order valence-electron chi connectivity index (χ3n) is 1.19. The second kappa shape index (κ2) is 6.78. The molecule has 2 atom stereocenters. The lowest BCUT2D eigenvalue weighted by atomic mass is 10.1. The Labute approximate surface area is 70.9 Å². The zero-order valence-electron chi connectivity index (χ0n) is 7.06. The summed E-state index contributed by atoms with van der Waals surface area (Å²) >= 11 is 0. The maximum Gasteiger partial charge on any atom is 0.0743 e. The van der Waals surface area contributed by atoms with Gasteiger partial charge in [-0.1, -0.05) is 6.08 Å². The number of carboxylic acid groups (broad SMARTS) is 1. The van der Waals surface area contributed by atoms with E-state index in [1.54, 1.807) is 0 Å². The Kier molecular flexibility index (Phi) is 7.72. The van der Waals surface area contributed by atoms with Crippen LogP contribution in [-0.2, 0) is 4.79 Å². The minimum Gasteiger partial charge on any atom is -0.550 e. The van der Waals surface area contributed by atoms with Crippen molar-refractivity contribution in [3.8, 4) is 0 Å². The summed E-state index contributed by atoms with van der Waals surface area (Å²) < 4.78 is 0. The molecule has 0 rings (SSSR count). The first-order valence-electron chi connectivity index (χ1n) is 3.24. The minimum atomic E-state index is -1.33. The van der Waals surface area contributed by atoms with Crippen LogP contribution >= 0.6 is 0 Å². The number of rotatable bonds is 5. The number of carbonyl (C=O) groups is 1. The van der Waals surface area contributed by atoms with Crippen LogP contribution in [0.15, 0.2) is 12.7 Å². The minimum absolute atomic E-state index is 0. The van der Waals surface area contributed by atoms with Crippen LogP contribution in [0, 0.1) is 0 Å². The van der Waals surface area contributed by atoms with Gasteiger partial charge in [-0.15, -0.1) is 6.58 Å². The SMILES string of the molecule is C=CC(O)CC(O)CC(=O)[O-].[NH4+]. The fraction of sp³-hybridized carbons (Fsp3) is 0.571. The van der Waals surface area contributed by atoms with E-state index in [-0.39, 0.29) is 12.6 Å². The van der Waals surface area contributed by atoms with E-state index in [0.717, 1.165) is 0 Å². The van der Waals surface area contributed by atoms with Crippen LogP contribution in [0.2, 0.25) is 0 Å². The van der Waals surface area contributed by atoms with E-state index in [4.69, 9.17) is 10.2 Å². The molecule has 5 nitrogen and oxygen atoms in total. The normalized spacial score (nSPS) is 14.2. The van der Waals surface area contributed by atoms with Crippen LogP contribution < -0.4 is 11.3 Å². The number of carboxylic acids is 1. The molecule has 0 aliphatic rings. The molecule has 6 N–H and O–H groups in total. The summed E-state index contributed by atoms with van der Waals surface area (Å²) in [6.45, 7) is 3.27. The van der Waals surface area contributed by atoms with Gasteiger partial charge in [-0.05, 0) is 0 Å². The van der Waals surface area contributed by atoms with Crippen molar-refractivity contribution in [2.24, 2.45) is 0 Å². The lowest BCUT2D eigenvalue weighted by Crippen LogP contribution is -2.29. The van der Waals surface area contributed by atoms with E-state index in [9.17, 15) is 9.90 Å². The molecule has 0 fully saturated rings. The Morgan fingerprint density at radius 2 is 2.08 bits per heavy atom. The molecule has 0 amide bonds. The summed E-state index contributed by atoms with van der Waals surface area (Å²) in [5, 5.41) is 27.6. The number of aliphatic hydroxyl groups excluding tert-OH is 2. The molecule has 0 heterocycles. The molecule has 0 aliphatic heterocycles. The molecule has 0 aromatic rings. The average molecular weight is 177 g/mol. The summed E-state index contributed by atoms with van der Waals surface area (Å²) in [6.07, 6.45) is -1.15. The van der Waals surface area contributed by atoms with Gasteiger partial charge in [0.15, 0.2) is 0 Å². The molecule has 0 radical (unpaired) electrons. The molecule has 0 aliphatic carbocycles. The molecule has 0 aromatic carbocycles. The first kappa shape index (κ1) is 13.7. The summed E-state index contributed by atoms with van der Waals surface area (Å²) in [5.74, 6) is -1.33. The van der Waals surface area contributed by atoms with Crippen molar-refractivity contribution in [1.29, 1.82) is 0 Å². The Hall–Kier alpha value is -0.910. The molecule has 0 saturated carbocycles. The van der Waals surface area contributed by atoms with Crippen LogP contribution in [-0.4, -0.2) is 28.4 Å². The van der Waals surface area contributed by atoms with Gasteiger partial charge in [-0.3, -0.25) is 0 Å². The van der Waals surface area contributed by atoms with Crippen molar-refractivity contribution >= 4 is 5.97 Å². The van der Waals surface area contributed by atoms with Gasteiger partial charge in [0.05, 0.1) is 12.2 Å². The number of quaternary nitrogens is 1. The quantitative estimate of drug-likeness (QED) is 0.457. The second-order valence-corrected chi connectivity index (χ2v) is 2.27. The fourth-order valence-corrected chi connectivity index (χ4v) is 0.651. The number of hydrogen-bond acceptors (Lipinski definition) is 4. The van der Waals surface area contributed by atoms with E-state index >= 15 is 0 Å². The number of hydrogen-bond donors (Lipinski definition) is 3. The number of aliphatic hydroxyl groups is 2. The largest absolute Gasteiger partial charge is 0.550 e. The Bertz CT molecular complexity index is 148. The van der Waals surface area contributed by atoms with E-state index in [0.29, 0.717) is 0 Å². The third-order valence-corrected chi connectivity index (χ3v) is 1.19. The van der Waals surface area contributed by atoms with Crippen LogP contribution in [0.4, 0.5) is 0 Å². The van der Waals surface area contributed by atoms with Gasteiger partial charge in [0.1, 0.15) is 0 Å². The van der Waals surface area contributed by atoms with Crippen LogP contribution in [0.1, 0.15) is 12.8 Å². The molecular weight excluding hydrogens is 162 g/mol. The molecule has 0 bridgehead atoms. The van der Waals surface area contributed by atoms with E-state index in [1.165, 1.54) is 6.08 Å². The highest BCUT2D eigenvalue weighted by atomic mass is 16.4. The van der Waals surface area contributed by atoms with Gasteiger partial charge in [0.25, 0.3) is 0 Å². The zero-order chi connectivity index (χ0) is 8.85. The van der Waals surface area contributed by atoms with Crippen LogP contribution in [0.5, 0.6) is 0 Å². The number of aliphatic carboxylic acids is 1. The summed E-state index contributed by atoms with van der Waals surface area (Å²) in [4.78, 5) is 9.90. The van der Waals surface area contributed by atoms with E-state index in [2.05, 4.69) is 6.58 Å². The lowest BCUT2D eigenvalue weighted by Gasteiger charge is -2.12. The Morgan fingerprint density at radius 1 is 1.58 bits per heavy atom.